The molecule has 5 heteroatoms. The number of ether oxygens (including phenoxy) is 1. The van der Waals surface area contributed by atoms with Crippen LogP contribution < -0.4 is 5.32 Å². The molecule has 2 rings (SSSR count). The fourth-order valence-corrected chi connectivity index (χ4v) is 4.26. The van der Waals surface area contributed by atoms with Crippen LogP contribution in [-0.2, 0) is 27.7 Å². The van der Waals surface area contributed by atoms with E-state index in [1.165, 1.54) is 0 Å². The molecule has 1 aromatic carbocycles. The van der Waals surface area contributed by atoms with Crippen molar-refractivity contribution in [2.45, 2.75) is 31.2 Å². The molecule has 1 heterocycles. The molecule has 106 valence electrons. The van der Waals surface area contributed by atoms with Gasteiger partial charge in [-0.1, -0.05) is 24.3 Å². The molecule has 1 saturated heterocycles. The SMILES string of the molecule is COCc1cccc(CNCC2CCCS2(=O)=O)c1. The highest BCUT2D eigenvalue weighted by Gasteiger charge is 2.30. The second-order valence-electron chi connectivity index (χ2n) is 5.02. The maximum Gasteiger partial charge on any atom is 0.154 e. The first-order valence-corrected chi connectivity index (χ1v) is 8.32. The molecular formula is C14H21NO3S. The summed E-state index contributed by atoms with van der Waals surface area (Å²) >= 11 is 0. The van der Waals surface area contributed by atoms with Gasteiger partial charge in [0.2, 0.25) is 0 Å². The average molecular weight is 283 g/mol. The van der Waals surface area contributed by atoms with E-state index in [1.807, 2.05) is 18.2 Å². The summed E-state index contributed by atoms with van der Waals surface area (Å²) < 4.78 is 28.5. The zero-order chi connectivity index (χ0) is 13.7. The van der Waals surface area contributed by atoms with Crippen molar-refractivity contribution < 1.29 is 13.2 Å². The van der Waals surface area contributed by atoms with E-state index < -0.39 is 9.84 Å². The third-order valence-corrected chi connectivity index (χ3v) is 5.74. The Morgan fingerprint density at radius 1 is 1.37 bits per heavy atom. The summed E-state index contributed by atoms with van der Waals surface area (Å²) in [4.78, 5) is 0. The second-order valence-corrected chi connectivity index (χ2v) is 7.42. The van der Waals surface area contributed by atoms with E-state index in [0.717, 1.165) is 24.0 Å². The first-order chi connectivity index (χ1) is 9.12. The molecule has 1 atom stereocenters. The topological polar surface area (TPSA) is 55.4 Å². The quantitative estimate of drug-likeness (QED) is 0.859. The van der Waals surface area contributed by atoms with Gasteiger partial charge in [-0.25, -0.2) is 8.42 Å². The summed E-state index contributed by atoms with van der Waals surface area (Å²) in [6, 6.07) is 8.14. The Labute approximate surface area is 115 Å². The molecule has 1 fully saturated rings. The minimum atomic E-state index is -2.84. The zero-order valence-electron chi connectivity index (χ0n) is 11.3. The maximum atomic E-state index is 11.7. The normalized spacial score (nSPS) is 21.6. The number of hydrogen-bond acceptors (Lipinski definition) is 4. The minimum Gasteiger partial charge on any atom is -0.380 e. The summed E-state index contributed by atoms with van der Waals surface area (Å²) in [6.45, 7) is 1.85. The zero-order valence-corrected chi connectivity index (χ0v) is 12.1. The summed E-state index contributed by atoms with van der Waals surface area (Å²) in [6.07, 6.45) is 1.59. The smallest absolute Gasteiger partial charge is 0.154 e. The van der Waals surface area contributed by atoms with Crippen LogP contribution in [0.15, 0.2) is 24.3 Å². The summed E-state index contributed by atoms with van der Waals surface area (Å²) in [7, 11) is -1.16. The maximum absolute atomic E-state index is 11.7. The number of nitrogens with one attached hydrogen (secondary N) is 1. The van der Waals surface area contributed by atoms with Crippen LogP contribution in [0.1, 0.15) is 24.0 Å². The van der Waals surface area contributed by atoms with Gasteiger partial charge in [-0.3, -0.25) is 0 Å². The van der Waals surface area contributed by atoms with Crippen molar-refractivity contribution >= 4 is 9.84 Å². The molecule has 0 saturated carbocycles. The number of rotatable bonds is 6. The van der Waals surface area contributed by atoms with Crippen molar-refractivity contribution in [1.29, 1.82) is 0 Å². The number of hydrogen-bond donors (Lipinski definition) is 1. The lowest BCUT2D eigenvalue weighted by Gasteiger charge is -2.11. The van der Waals surface area contributed by atoms with Gasteiger partial charge in [0.05, 0.1) is 17.6 Å². The summed E-state index contributed by atoms with van der Waals surface area (Å²) in [5.41, 5.74) is 2.29. The van der Waals surface area contributed by atoms with Crippen molar-refractivity contribution in [2.75, 3.05) is 19.4 Å². The highest BCUT2D eigenvalue weighted by Crippen LogP contribution is 2.19. The van der Waals surface area contributed by atoms with Crippen LogP contribution >= 0.6 is 0 Å². The molecule has 1 unspecified atom stereocenters. The molecule has 1 N–H and O–H groups in total. The third-order valence-electron chi connectivity index (χ3n) is 3.47. The fourth-order valence-electron chi connectivity index (χ4n) is 2.46. The minimum absolute atomic E-state index is 0.199. The summed E-state index contributed by atoms with van der Waals surface area (Å²) in [5.74, 6) is 0.350. The Balaban J connectivity index is 1.84. The Morgan fingerprint density at radius 3 is 2.84 bits per heavy atom. The van der Waals surface area contributed by atoms with E-state index in [-0.39, 0.29) is 5.25 Å². The van der Waals surface area contributed by atoms with Gasteiger partial charge in [0.15, 0.2) is 9.84 Å². The third kappa shape index (κ3) is 4.03. The lowest BCUT2D eigenvalue weighted by Crippen LogP contribution is -2.30. The largest absolute Gasteiger partial charge is 0.380 e. The van der Waals surface area contributed by atoms with Crippen LogP contribution in [0.5, 0.6) is 0 Å². The molecule has 0 bridgehead atoms. The van der Waals surface area contributed by atoms with Crippen molar-refractivity contribution in [3.05, 3.63) is 35.4 Å². The number of benzene rings is 1. The van der Waals surface area contributed by atoms with Crippen LogP contribution in [0.25, 0.3) is 0 Å². The van der Waals surface area contributed by atoms with Gasteiger partial charge in [0.1, 0.15) is 0 Å². The molecule has 0 spiro atoms. The number of methoxy groups -OCH3 is 1. The average Bonchev–Trinajstić information content (AvgIpc) is 2.70. The van der Waals surface area contributed by atoms with Crippen molar-refractivity contribution in [3.63, 3.8) is 0 Å². The Hall–Kier alpha value is -0.910. The van der Waals surface area contributed by atoms with Gasteiger partial charge >= 0.3 is 0 Å². The van der Waals surface area contributed by atoms with Crippen LogP contribution in [0, 0.1) is 0 Å². The fraction of sp³-hybridized carbons (Fsp3) is 0.571. The monoisotopic (exact) mass is 283 g/mol. The van der Waals surface area contributed by atoms with E-state index in [1.54, 1.807) is 7.11 Å². The Bertz CT molecular complexity index is 513. The molecule has 1 aliphatic rings. The van der Waals surface area contributed by atoms with Gasteiger partial charge in [-0.05, 0) is 24.0 Å². The molecular weight excluding hydrogens is 262 g/mol. The van der Waals surface area contributed by atoms with Gasteiger partial charge in [-0.2, -0.15) is 0 Å². The highest BCUT2D eigenvalue weighted by atomic mass is 32.2. The predicted molar refractivity (Wildman–Crippen MR) is 75.7 cm³/mol. The molecule has 1 aromatic rings. The second kappa shape index (κ2) is 6.50. The summed E-state index contributed by atoms with van der Waals surface area (Å²) in [5, 5.41) is 3.05. The van der Waals surface area contributed by atoms with E-state index >= 15 is 0 Å². The molecule has 1 aliphatic heterocycles. The van der Waals surface area contributed by atoms with Crippen LogP contribution in [-0.4, -0.2) is 33.1 Å². The van der Waals surface area contributed by atoms with E-state index in [9.17, 15) is 8.42 Å². The van der Waals surface area contributed by atoms with Gasteiger partial charge in [-0.15, -0.1) is 0 Å². The van der Waals surface area contributed by atoms with Crippen LogP contribution in [0.2, 0.25) is 0 Å². The van der Waals surface area contributed by atoms with Crippen LogP contribution in [0.4, 0.5) is 0 Å². The molecule has 0 aromatic heterocycles. The molecule has 0 amide bonds. The van der Waals surface area contributed by atoms with Crippen molar-refractivity contribution in [1.82, 2.24) is 5.32 Å². The standard InChI is InChI=1S/C14H21NO3S/c1-18-11-13-5-2-4-12(8-13)9-15-10-14-6-3-7-19(14,16)17/h2,4-5,8,14-15H,3,6-7,9-11H2,1H3. The predicted octanol–water partition coefficient (Wildman–Crippen LogP) is 1.50. The van der Waals surface area contributed by atoms with Crippen LogP contribution in [0.3, 0.4) is 0 Å². The first kappa shape index (κ1) is 14.5. The molecule has 0 radical (unpaired) electrons. The van der Waals surface area contributed by atoms with E-state index in [4.69, 9.17) is 4.74 Å². The first-order valence-electron chi connectivity index (χ1n) is 6.61. The molecule has 4 nitrogen and oxygen atoms in total. The highest BCUT2D eigenvalue weighted by molar-refractivity contribution is 7.92. The van der Waals surface area contributed by atoms with E-state index in [2.05, 4.69) is 11.4 Å². The lowest BCUT2D eigenvalue weighted by molar-refractivity contribution is 0.185. The number of sulfone groups is 1. The van der Waals surface area contributed by atoms with Gasteiger partial charge in [0, 0.05) is 20.2 Å². The van der Waals surface area contributed by atoms with Gasteiger partial charge < -0.3 is 10.1 Å². The molecule has 19 heavy (non-hydrogen) atoms. The van der Waals surface area contributed by atoms with Crippen molar-refractivity contribution in [2.24, 2.45) is 0 Å². The molecule has 0 aliphatic carbocycles. The van der Waals surface area contributed by atoms with Gasteiger partial charge in [0.25, 0.3) is 0 Å². The Kier molecular flexibility index (Phi) is 4.96. The lowest BCUT2D eigenvalue weighted by atomic mass is 10.1. The van der Waals surface area contributed by atoms with Crippen molar-refractivity contribution in [3.8, 4) is 0 Å². The van der Waals surface area contributed by atoms with E-state index in [0.29, 0.717) is 25.4 Å². The Morgan fingerprint density at radius 2 is 2.16 bits per heavy atom.